The van der Waals surface area contributed by atoms with E-state index in [0.29, 0.717) is 0 Å². The van der Waals surface area contributed by atoms with Crippen molar-refractivity contribution in [3.8, 4) is 0 Å². The van der Waals surface area contributed by atoms with Crippen LogP contribution in [0.3, 0.4) is 0 Å². The maximum Gasteiger partial charge on any atom is 0.506 e. The van der Waals surface area contributed by atoms with Crippen molar-refractivity contribution in [1.82, 2.24) is 0 Å². The first-order valence-electron chi connectivity index (χ1n) is 2.68. The minimum Gasteiger partial charge on any atom is -0.463 e. The number of carboxylic acid groups (broad SMARTS) is 1. The first-order chi connectivity index (χ1) is 4.66. The summed E-state index contributed by atoms with van der Waals surface area (Å²) in [5.74, 6) is -0.676. The SMILES string of the molecule is CCOC(=O)COC(=O)O. The number of hydrogen-bond acceptors (Lipinski definition) is 4. The minimum absolute atomic E-state index is 0.224. The van der Waals surface area contributed by atoms with Gasteiger partial charge in [0.1, 0.15) is 0 Å². The molecule has 0 radical (unpaired) electrons. The highest BCUT2D eigenvalue weighted by Gasteiger charge is 2.04. The smallest absolute Gasteiger partial charge is 0.463 e. The van der Waals surface area contributed by atoms with E-state index in [-0.39, 0.29) is 6.61 Å². The molecule has 5 heteroatoms. The number of hydrogen-bond donors (Lipinski definition) is 1. The molecule has 0 rings (SSSR count). The number of rotatable bonds is 3. The van der Waals surface area contributed by atoms with Gasteiger partial charge in [-0.1, -0.05) is 0 Å². The van der Waals surface area contributed by atoms with Gasteiger partial charge in [-0.2, -0.15) is 0 Å². The van der Waals surface area contributed by atoms with Crippen LogP contribution in [0.1, 0.15) is 6.92 Å². The van der Waals surface area contributed by atoms with Gasteiger partial charge in [-0.3, -0.25) is 0 Å². The Labute approximate surface area is 57.5 Å². The molecule has 0 spiro atoms. The summed E-state index contributed by atoms with van der Waals surface area (Å²) in [6, 6.07) is 0. The maximum atomic E-state index is 10.3. The van der Waals surface area contributed by atoms with E-state index >= 15 is 0 Å². The fourth-order valence-electron chi connectivity index (χ4n) is 0.323. The van der Waals surface area contributed by atoms with Crippen molar-refractivity contribution >= 4 is 12.1 Å². The summed E-state index contributed by atoms with van der Waals surface area (Å²) in [4.78, 5) is 20.0. The predicted octanol–water partition coefficient (Wildman–Crippen LogP) is 0.244. The van der Waals surface area contributed by atoms with Crippen LogP contribution in [0.15, 0.2) is 0 Å². The van der Waals surface area contributed by atoms with Crippen molar-refractivity contribution in [2.45, 2.75) is 6.92 Å². The molecule has 0 atom stereocenters. The molecule has 0 amide bonds. The summed E-state index contributed by atoms with van der Waals surface area (Å²) in [7, 11) is 0. The first kappa shape index (κ1) is 8.74. The van der Waals surface area contributed by atoms with E-state index < -0.39 is 18.7 Å². The average Bonchev–Trinajstić information content (AvgIpc) is 1.85. The molecule has 0 aromatic rings. The van der Waals surface area contributed by atoms with Crippen LogP contribution < -0.4 is 0 Å². The van der Waals surface area contributed by atoms with Crippen molar-refractivity contribution in [2.24, 2.45) is 0 Å². The Morgan fingerprint density at radius 1 is 1.40 bits per heavy atom. The molecule has 0 unspecified atom stereocenters. The largest absolute Gasteiger partial charge is 0.506 e. The summed E-state index contributed by atoms with van der Waals surface area (Å²) in [6.07, 6.45) is -1.48. The normalized spacial score (nSPS) is 8.50. The molecule has 0 aromatic heterocycles. The Bertz CT molecular complexity index is 130. The number of ether oxygens (including phenoxy) is 2. The van der Waals surface area contributed by atoms with Gasteiger partial charge >= 0.3 is 12.1 Å². The van der Waals surface area contributed by atoms with E-state index in [1.165, 1.54) is 0 Å². The second-order valence-electron chi connectivity index (χ2n) is 1.36. The van der Waals surface area contributed by atoms with E-state index in [0.717, 1.165) is 0 Å². The summed E-state index contributed by atoms with van der Waals surface area (Å²) < 4.78 is 8.26. The number of carbonyl (C=O) groups is 2. The third kappa shape index (κ3) is 4.89. The molecule has 1 N–H and O–H groups in total. The Hall–Kier alpha value is -1.26. The number of esters is 1. The highest BCUT2D eigenvalue weighted by Crippen LogP contribution is 1.81. The molecule has 0 fully saturated rings. The number of carbonyl (C=O) groups excluding carboxylic acids is 1. The quantitative estimate of drug-likeness (QED) is 0.580. The van der Waals surface area contributed by atoms with Gasteiger partial charge in [0.2, 0.25) is 0 Å². The van der Waals surface area contributed by atoms with Gasteiger partial charge in [-0.25, -0.2) is 9.59 Å². The lowest BCUT2D eigenvalue weighted by Gasteiger charge is -1.99. The van der Waals surface area contributed by atoms with Gasteiger partial charge in [-0.15, -0.1) is 0 Å². The summed E-state index contributed by atoms with van der Waals surface area (Å²) in [6.45, 7) is 1.31. The molecule has 0 aliphatic rings. The zero-order valence-corrected chi connectivity index (χ0v) is 5.49. The Kier molecular flexibility index (Phi) is 4.02. The molecule has 0 saturated heterocycles. The average molecular weight is 148 g/mol. The zero-order valence-electron chi connectivity index (χ0n) is 5.49. The lowest BCUT2D eigenvalue weighted by Crippen LogP contribution is -2.14. The Balaban J connectivity index is 3.30. The molecule has 0 heterocycles. The molecule has 0 saturated carbocycles. The van der Waals surface area contributed by atoms with Crippen LogP contribution in [0.25, 0.3) is 0 Å². The second-order valence-corrected chi connectivity index (χ2v) is 1.36. The van der Waals surface area contributed by atoms with Crippen LogP contribution in [0, 0.1) is 0 Å². The van der Waals surface area contributed by atoms with Crippen molar-refractivity contribution < 1.29 is 24.2 Å². The van der Waals surface area contributed by atoms with Crippen molar-refractivity contribution in [3.05, 3.63) is 0 Å². The molecule has 10 heavy (non-hydrogen) atoms. The zero-order chi connectivity index (χ0) is 7.98. The lowest BCUT2D eigenvalue weighted by atomic mass is 10.7. The summed E-state index contributed by atoms with van der Waals surface area (Å²) in [5.41, 5.74) is 0. The molecule has 0 aromatic carbocycles. The molecule has 0 aliphatic carbocycles. The van der Waals surface area contributed by atoms with Gasteiger partial charge < -0.3 is 14.6 Å². The van der Waals surface area contributed by atoms with Crippen molar-refractivity contribution in [1.29, 1.82) is 0 Å². The van der Waals surface area contributed by atoms with E-state index in [4.69, 9.17) is 5.11 Å². The standard InChI is InChI=1S/C5H8O5/c1-2-9-4(6)3-10-5(7)8/h2-3H2,1H3,(H,7,8). The summed E-state index contributed by atoms with van der Waals surface area (Å²) >= 11 is 0. The van der Waals surface area contributed by atoms with Gasteiger partial charge in [0.15, 0.2) is 6.61 Å². The maximum absolute atomic E-state index is 10.3. The minimum atomic E-state index is -1.48. The topological polar surface area (TPSA) is 72.8 Å². The molecule has 0 aliphatic heterocycles. The lowest BCUT2D eigenvalue weighted by molar-refractivity contribution is -0.147. The van der Waals surface area contributed by atoms with Crippen molar-refractivity contribution in [3.63, 3.8) is 0 Å². The third-order valence-corrected chi connectivity index (χ3v) is 0.619. The fraction of sp³-hybridized carbons (Fsp3) is 0.600. The van der Waals surface area contributed by atoms with E-state index in [1.54, 1.807) is 6.92 Å². The van der Waals surface area contributed by atoms with Crippen LogP contribution in [0.2, 0.25) is 0 Å². The molecule has 58 valence electrons. The summed E-state index contributed by atoms with van der Waals surface area (Å²) in [5, 5.41) is 7.90. The predicted molar refractivity (Wildman–Crippen MR) is 30.6 cm³/mol. The van der Waals surface area contributed by atoms with Crippen LogP contribution in [0.4, 0.5) is 4.79 Å². The van der Waals surface area contributed by atoms with Gasteiger partial charge in [0.05, 0.1) is 6.61 Å². The van der Waals surface area contributed by atoms with Crippen molar-refractivity contribution in [2.75, 3.05) is 13.2 Å². The molecular formula is C5H8O5. The van der Waals surface area contributed by atoms with Gasteiger partial charge in [-0.05, 0) is 6.92 Å². The third-order valence-electron chi connectivity index (χ3n) is 0.619. The van der Waals surface area contributed by atoms with Crippen LogP contribution in [0.5, 0.6) is 0 Å². The van der Waals surface area contributed by atoms with E-state index in [2.05, 4.69) is 9.47 Å². The van der Waals surface area contributed by atoms with E-state index in [1.807, 2.05) is 0 Å². The molecule has 0 bridgehead atoms. The van der Waals surface area contributed by atoms with Crippen LogP contribution in [-0.2, 0) is 14.3 Å². The molecular weight excluding hydrogens is 140 g/mol. The fourth-order valence-corrected chi connectivity index (χ4v) is 0.323. The van der Waals surface area contributed by atoms with Gasteiger partial charge in [0, 0.05) is 0 Å². The van der Waals surface area contributed by atoms with E-state index in [9.17, 15) is 9.59 Å². The first-order valence-corrected chi connectivity index (χ1v) is 2.68. The van der Waals surface area contributed by atoms with Crippen LogP contribution >= 0.6 is 0 Å². The molecule has 5 nitrogen and oxygen atoms in total. The highest BCUT2D eigenvalue weighted by atomic mass is 16.7. The Morgan fingerprint density at radius 2 is 2.00 bits per heavy atom. The Morgan fingerprint density at radius 3 is 2.40 bits per heavy atom. The second kappa shape index (κ2) is 4.60. The monoisotopic (exact) mass is 148 g/mol. The van der Waals surface area contributed by atoms with Gasteiger partial charge in [0.25, 0.3) is 0 Å². The van der Waals surface area contributed by atoms with Crippen LogP contribution in [-0.4, -0.2) is 30.4 Å². The highest BCUT2D eigenvalue weighted by molar-refractivity contribution is 5.73.